The predicted molar refractivity (Wildman–Crippen MR) is 92.1 cm³/mol. The van der Waals surface area contributed by atoms with Crippen molar-refractivity contribution in [2.24, 2.45) is 0 Å². The molecule has 0 unspecified atom stereocenters. The molecule has 2 aromatic carbocycles. The first-order valence-corrected chi connectivity index (χ1v) is 8.27. The van der Waals surface area contributed by atoms with E-state index >= 15 is 0 Å². The van der Waals surface area contributed by atoms with Crippen molar-refractivity contribution in [1.29, 1.82) is 0 Å². The molecule has 0 saturated heterocycles. The summed E-state index contributed by atoms with van der Waals surface area (Å²) < 4.78 is 5.52. The van der Waals surface area contributed by atoms with Crippen molar-refractivity contribution >= 4 is 17.5 Å². The zero-order chi connectivity index (χ0) is 16.2. The second-order valence-corrected chi connectivity index (χ2v) is 6.39. The number of carbonyl (C=O) groups excluding carboxylic acids is 1. The zero-order valence-corrected chi connectivity index (χ0v) is 13.9. The number of hydrogen-bond donors (Lipinski definition) is 1. The van der Waals surface area contributed by atoms with Crippen molar-refractivity contribution in [3.63, 3.8) is 0 Å². The van der Waals surface area contributed by atoms with Crippen molar-refractivity contribution in [2.45, 2.75) is 32.2 Å². The van der Waals surface area contributed by atoms with Gasteiger partial charge in [-0.3, -0.25) is 4.79 Å². The maximum Gasteiger partial charge on any atom is 0.224 e. The molecule has 0 aliphatic carbocycles. The van der Waals surface area contributed by atoms with E-state index in [2.05, 4.69) is 17.4 Å². The molecule has 1 N–H and O–H groups in total. The Morgan fingerprint density at radius 2 is 2.13 bits per heavy atom. The van der Waals surface area contributed by atoms with Gasteiger partial charge in [0.2, 0.25) is 5.91 Å². The fraction of sp³-hybridized carbons (Fsp3) is 0.316. The first-order chi connectivity index (χ1) is 11.1. The Morgan fingerprint density at radius 3 is 2.96 bits per heavy atom. The van der Waals surface area contributed by atoms with Crippen LogP contribution < -0.4 is 10.1 Å². The van der Waals surface area contributed by atoms with Crippen molar-refractivity contribution in [3.05, 3.63) is 64.2 Å². The third-order valence-corrected chi connectivity index (χ3v) is 4.38. The summed E-state index contributed by atoms with van der Waals surface area (Å²) in [6.45, 7) is 2.79. The van der Waals surface area contributed by atoms with E-state index in [-0.39, 0.29) is 11.9 Å². The lowest BCUT2D eigenvalue weighted by atomic mass is 10.0. The molecule has 0 radical (unpaired) electrons. The molecule has 1 heterocycles. The van der Waals surface area contributed by atoms with Gasteiger partial charge in [0.15, 0.2) is 0 Å². The van der Waals surface area contributed by atoms with Crippen LogP contribution in [-0.2, 0) is 24.1 Å². The molecular weight excluding hydrogens is 310 g/mol. The highest BCUT2D eigenvalue weighted by atomic mass is 35.5. The summed E-state index contributed by atoms with van der Waals surface area (Å²) in [4.78, 5) is 12.2. The summed E-state index contributed by atoms with van der Waals surface area (Å²) in [5, 5.41) is 3.68. The van der Waals surface area contributed by atoms with Gasteiger partial charge in [0.1, 0.15) is 5.75 Å². The van der Waals surface area contributed by atoms with Crippen LogP contribution in [0.5, 0.6) is 5.75 Å². The fourth-order valence-corrected chi connectivity index (χ4v) is 3.11. The van der Waals surface area contributed by atoms with Gasteiger partial charge in [-0.25, -0.2) is 0 Å². The van der Waals surface area contributed by atoms with Crippen molar-refractivity contribution in [1.82, 2.24) is 5.32 Å². The lowest BCUT2D eigenvalue weighted by Crippen LogP contribution is -2.35. The highest BCUT2D eigenvalue weighted by Crippen LogP contribution is 2.26. The fourth-order valence-electron chi connectivity index (χ4n) is 2.91. The van der Waals surface area contributed by atoms with Crippen LogP contribution in [0.25, 0.3) is 0 Å². The monoisotopic (exact) mass is 329 g/mol. The van der Waals surface area contributed by atoms with E-state index in [9.17, 15) is 4.79 Å². The number of rotatable bonds is 5. The van der Waals surface area contributed by atoms with Gasteiger partial charge >= 0.3 is 0 Å². The second-order valence-electron chi connectivity index (χ2n) is 5.98. The molecule has 0 spiro atoms. The number of fused-ring (bicyclic) bond motifs is 1. The molecule has 1 amide bonds. The normalized spacial score (nSPS) is 14.0. The Bertz CT molecular complexity index is 714. The smallest absolute Gasteiger partial charge is 0.224 e. The van der Waals surface area contributed by atoms with Gasteiger partial charge in [-0.05, 0) is 42.2 Å². The Balaban J connectivity index is 1.55. The average molecular weight is 330 g/mol. The third-order valence-electron chi connectivity index (χ3n) is 4.01. The lowest BCUT2D eigenvalue weighted by molar-refractivity contribution is -0.121. The molecule has 4 heteroatoms. The Kier molecular flexibility index (Phi) is 4.87. The van der Waals surface area contributed by atoms with Crippen molar-refractivity contribution in [3.8, 4) is 5.75 Å². The molecule has 1 atom stereocenters. The van der Waals surface area contributed by atoms with Gasteiger partial charge in [0.05, 0.1) is 13.0 Å². The zero-order valence-electron chi connectivity index (χ0n) is 13.1. The number of benzene rings is 2. The van der Waals surface area contributed by atoms with E-state index in [1.165, 1.54) is 11.1 Å². The molecule has 2 aromatic rings. The highest BCUT2D eigenvalue weighted by molar-refractivity contribution is 6.31. The molecule has 120 valence electrons. The Morgan fingerprint density at radius 1 is 1.30 bits per heavy atom. The van der Waals surface area contributed by atoms with E-state index in [0.29, 0.717) is 11.4 Å². The summed E-state index contributed by atoms with van der Waals surface area (Å²) in [7, 11) is 0. The van der Waals surface area contributed by atoms with Gasteiger partial charge in [-0.15, -0.1) is 0 Å². The largest absolute Gasteiger partial charge is 0.493 e. The van der Waals surface area contributed by atoms with Gasteiger partial charge in [-0.1, -0.05) is 41.9 Å². The molecule has 1 aliphatic heterocycles. The van der Waals surface area contributed by atoms with Gasteiger partial charge in [0, 0.05) is 17.5 Å². The maximum atomic E-state index is 12.2. The SMILES string of the molecule is C[C@@H](Cc1ccc2c(c1)CCO2)NC(=O)Cc1ccccc1Cl. The number of hydrogen-bond acceptors (Lipinski definition) is 2. The third kappa shape index (κ3) is 4.05. The van der Waals surface area contributed by atoms with Crippen LogP contribution in [-0.4, -0.2) is 18.6 Å². The van der Waals surface area contributed by atoms with E-state index in [1.807, 2.05) is 31.2 Å². The predicted octanol–water partition coefficient (Wildman–Crippen LogP) is 3.56. The standard InChI is InChI=1S/C19H20ClNO2/c1-13(10-14-6-7-18-16(11-14)8-9-23-18)21-19(22)12-15-4-2-3-5-17(15)20/h2-7,11,13H,8-10,12H2,1H3,(H,21,22)/t13-/m0/s1. The lowest BCUT2D eigenvalue weighted by Gasteiger charge is -2.15. The van der Waals surface area contributed by atoms with Gasteiger partial charge < -0.3 is 10.1 Å². The molecule has 3 rings (SSSR count). The van der Waals surface area contributed by atoms with Crippen molar-refractivity contribution < 1.29 is 9.53 Å². The second kappa shape index (κ2) is 7.05. The molecule has 1 aliphatic rings. The van der Waals surface area contributed by atoms with Crippen LogP contribution in [0.2, 0.25) is 5.02 Å². The minimum Gasteiger partial charge on any atom is -0.493 e. The first-order valence-electron chi connectivity index (χ1n) is 7.89. The van der Waals surface area contributed by atoms with Crippen LogP contribution in [0.15, 0.2) is 42.5 Å². The molecule has 23 heavy (non-hydrogen) atoms. The minimum atomic E-state index is -0.00454. The molecule has 0 saturated carbocycles. The van der Waals surface area contributed by atoms with E-state index in [0.717, 1.165) is 30.8 Å². The number of carbonyl (C=O) groups is 1. The molecule has 3 nitrogen and oxygen atoms in total. The first kappa shape index (κ1) is 15.9. The average Bonchev–Trinajstić information content (AvgIpc) is 2.97. The summed E-state index contributed by atoms with van der Waals surface area (Å²) in [5.41, 5.74) is 3.34. The molecule has 0 bridgehead atoms. The summed E-state index contributed by atoms with van der Waals surface area (Å²) in [5.74, 6) is 0.985. The Hall–Kier alpha value is -2.00. The number of ether oxygens (including phenoxy) is 1. The maximum absolute atomic E-state index is 12.2. The van der Waals surface area contributed by atoms with Crippen LogP contribution in [0.1, 0.15) is 23.6 Å². The van der Waals surface area contributed by atoms with Crippen LogP contribution in [0, 0.1) is 0 Å². The molecule has 0 aromatic heterocycles. The van der Waals surface area contributed by atoms with E-state index in [4.69, 9.17) is 16.3 Å². The van der Waals surface area contributed by atoms with Crippen LogP contribution in [0.3, 0.4) is 0 Å². The summed E-state index contributed by atoms with van der Waals surface area (Å²) in [6.07, 6.45) is 2.08. The van der Waals surface area contributed by atoms with Gasteiger partial charge in [-0.2, -0.15) is 0 Å². The van der Waals surface area contributed by atoms with Gasteiger partial charge in [0.25, 0.3) is 0 Å². The van der Waals surface area contributed by atoms with E-state index < -0.39 is 0 Å². The topological polar surface area (TPSA) is 38.3 Å². The minimum absolute atomic E-state index is 0.00454. The van der Waals surface area contributed by atoms with Crippen LogP contribution >= 0.6 is 11.6 Å². The van der Waals surface area contributed by atoms with Crippen molar-refractivity contribution in [2.75, 3.05) is 6.61 Å². The van der Waals surface area contributed by atoms with E-state index in [1.54, 1.807) is 6.07 Å². The highest BCUT2D eigenvalue weighted by Gasteiger charge is 2.14. The Labute approximate surface area is 141 Å². The molecular formula is C19H20ClNO2. The quantitative estimate of drug-likeness (QED) is 0.910. The molecule has 0 fully saturated rings. The number of amides is 1. The van der Waals surface area contributed by atoms with Crippen LogP contribution in [0.4, 0.5) is 0 Å². The number of nitrogens with one attached hydrogen (secondary N) is 1. The summed E-state index contributed by atoms with van der Waals surface area (Å²) in [6, 6.07) is 13.8. The summed E-state index contributed by atoms with van der Waals surface area (Å²) >= 11 is 6.10. The number of halogens is 1.